The first-order valence-corrected chi connectivity index (χ1v) is 11.1. The van der Waals surface area contributed by atoms with Crippen LogP contribution in [-0.4, -0.2) is 48.9 Å². The minimum atomic E-state index is -0.575. The van der Waals surface area contributed by atoms with E-state index in [0.717, 1.165) is 32.1 Å². The normalized spacial score (nSPS) is 11.3. The number of benzene rings is 2. The molecule has 11 nitrogen and oxygen atoms in total. The molecule has 5 rings (SSSR count). The first kappa shape index (κ1) is 21.6. The Morgan fingerprint density at radius 2 is 1.85 bits per heavy atom. The van der Waals surface area contributed by atoms with Crippen molar-refractivity contribution in [1.29, 1.82) is 0 Å². The number of aromatic amines is 2. The van der Waals surface area contributed by atoms with Gasteiger partial charge in [0.2, 0.25) is 0 Å². The average Bonchev–Trinajstić information content (AvgIpc) is 3.28. The predicted octanol–water partition coefficient (Wildman–Crippen LogP) is 2.26. The fourth-order valence-electron chi connectivity index (χ4n) is 3.45. The number of hydrogen-bond acceptors (Lipinski definition) is 9. The van der Waals surface area contributed by atoms with Gasteiger partial charge in [-0.05, 0) is 30.3 Å². The molecule has 0 aliphatic rings. The Bertz CT molecular complexity index is 1660. The van der Waals surface area contributed by atoms with Gasteiger partial charge in [0.25, 0.3) is 5.56 Å². The maximum absolute atomic E-state index is 12.4. The van der Waals surface area contributed by atoms with Crippen LogP contribution in [0.1, 0.15) is 5.56 Å². The van der Waals surface area contributed by atoms with Crippen molar-refractivity contribution in [3.63, 3.8) is 0 Å². The standard InChI is InChI=1S/C22H19N7O4S/c1-29-20(30)17-19(26-22(29)31)28-27-18(25-17)11-4-7-16(33-3)12(8-11)10-34-21-23-14-6-5-13(32-2)9-15(14)24-21/h4-9H,10H2,1-3H3,(H,23,24)(H,26,28,31). The zero-order valence-corrected chi connectivity index (χ0v) is 19.3. The fraction of sp³-hybridized carbons (Fsp3) is 0.182. The van der Waals surface area contributed by atoms with E-state index in [2.05, 4.69) is 30.1 Å². The number of thioether (sulfide) groups is 1. The van der Waals surface area contributed by atoms with E-state index in [1.165, 1.54) is 18.8 Å². The SMILES string of the molecule is COc1ccc2nc(SCc3cc(-c4nnc5[nH]c(=O)n(C)c(=O)c5n4)ccc3OC)[nH]c2c1. The molecule has 34 heavy (non-hydrogen) atoms. The van der Waals surface area contributed by atoms with E-state index in [0.29, 0.717) is 17.1 Å². The van der Waals surface area contributed by atoms with Crippen molar-refractivity contribution in [2.75, 3.05) is 14.2 Å². The molecular weight excluding hydrogens is 458 g/mol. The van der Waals surface area contributed by atoms with Gasteiger partial charge in [-0.2, -0.15) is 0 Å². The summed E-state index contributed by atoms with van der Waals surface area (Å²) in [6.45, 7) is 0. The van der Waals surface area contributed by atoms with Crippen LogP contribution in [-0.2, 0) is 12.8 Å². The van der Waals surface area contributed by atoms with Gasteiger partial charge in [-0.3, -0.25) is 14.3 Å². The number of H-pyrrole nitrogens is 2. The molecule has 12 heteroatoms. The van der Waals surface area contributed by atoms with E-state index in [4.69, 9.17) is 9.47 Å². The molecule has 2 N–H and O–H groups in total. The molecule has 0 spiro atoms. The lowest BCUT2D eigenvalue weighted by Gasteiger charge is -2.10. The molecule has 0 saturated carbocycles. The number of methoxy groups -OCH3 is 2. The van der Waals surface area contributed by atoms with E-state index in [1.807, 2.05) is 30.3 Å². The van der Waals surface area contributed by atoms with Gasteiger partial charge in [-0.1, -0.05) is 11.8 Å². The molecule has 2 aromatic carbocycles. The van der Waals surface area contributed by atoms with Crippen molar-refractivity contribution in [3.05, 3.63) is 62.8 Å². The third-order valence-corrected chi connectivity index (χ3v) is 6.22. The Morgan fingerprint density at radius 1 is 1.00 bits per heavy atom. The van der Waals surface area contributed by atoms with Crippen molar-refractivity contribution < 1.29 is 9.47 Å². The molecule has 0 aliphatic heterocycles. The number of fused-ring (bicyclic) bond motifs is 2. The topological polar surface area (TPSA) is 141 Å². The molecule has 172 valence electrons. The molecule has 5 aromatic rings. The summed E-state index contributed by atoms with van der Waals surface area (Å²) in [5, 5.41) is 8.83. The third-order valence-electron chi connectivity index (χ3n) is 5.29. The second-order valence-electron chi connectivity index (χ2n) is 7.37. The van der Waals surface area contributed by atoms with E-state index >= 15 is 0 Å². The van der Waals surface area contributed by atoms with Crippen molar-refractivity contribution in [2.45, 2.75) is 10.9 Å². The van der Waals surface area contributed by atoms with Crippen LogP contribution in [0.3, 0.4) is 0 Å². The maximum Gasteiger partial charge on any atom is 0.329 e. The molecule has 0 unspecified atom stereocenters. The second-order valence-corrected chi connectivity index (χ2v) is 8.33. The van der Waals surface area contributed by atoms with Gasteiger partial charge in [0.15, 0.2) is 22.1 Å². The lowest BCUT2D eigenvalue weighted by Crippen LogP contribution is -2.33. The zero-order valence-electron chi connectivity index (χ0n) is 18.4. The van der Waals surface area contributed by atoms with Crippen LogP contribution < -0.4 is 20.7 Å². The third kappa shape index (κ3) is 3.88. The number of hydrogen-bond donors (Lipinski definition) is 2. The van der Waals surface area contributed by atoms with Crippen LogP contribution in [0.15, 0.2) is 51.1 Å². The molecule has 0 saturated heterocycles. The molecule has 3 heterocycles. The highest BCUT2D eigenvalue weighted by Gasteiger charge is 2.14. The highest BCUT2D eigenvalue weighted by molar-refractivity contribution is 7.98. The Labute approximate surface area is 196 Å². The van der Waals surface area contributed by atoms with Gasteiger partial charge >= 0.3 is 5.69 Å². The lowest BCUT2D eigenvalue weighted by atomic mass is 10.1. The molecule has 0 bridgehead atoms. The van der Waals surface area contributed by atoms with Gasteiger partial charge in [0, 0.05) is 30.0 Å². The highest BCUT2D eigenvalue weighted by atomic mass is 32.2. The maximum atomic E-state index is 12.4. The summed E-state index contributed by atoms with van der Waals surface area (Å²) in [5.41, 5.74) is 2.25. The summed E-state index contributed by atoms with van der Waals surface area (Å²) in [6, 6.07) is 11.2. The van der Waals surface area contributed by atoms with Crippen LogP contribution in [0.4, 0.5) is 0 Å². The van der Waals surface area contributed by atoms with E-state index in [-0.39, 0.29) is 17.0 Å². The van der Waals surface area contributed by atoms with Gasteiger partial charge in [-0.25, -0.2) is 14.8 Å². The van der Waals surface area contributed by atoms with E-state index in [9.17, 15) is 9.59 Å². The molecule has 0 fully saturated rings. The van der Waals surface area contributed by atoms with Gasteiger partial charge in [-0.15, -0.1) is 10.2 Å². The Morgan fingerprint density at radius 3 is 2.65 bits per heavy atom. The first-order valence-electron chi connectivity index (χ1n) is 10.1. The molecule has 0 amide bonds. The summed E-state index contributed by atoms with van der Waals surface area (Å²) in [6.07, 6.45) is 0. The summed E-state index contributed by atoms with van der Waals surface area (Å²) in [7, 11) is 4.60. The molecule has 0 radical (unpaired) electrons. The van der Waals surface area contributed by atoms with Crippen molar-refractivity contribution in [3.8, 4) is 22.9 Å². The lowest BCUT2D eigenvalue weighted by molar-refractivity contribution is 0.411. The molecule has 0 atom stereocenters. The predicted molar refractivity (Wildman–Crippen MR) is 127 cm³/mol. The van der Waals surface area contributed by atoms with Crippen molar-refractivity contribution in [2.24, 2.45) is 7.05 Å². The van der Waals surface area contributed by atoms with Crippen LogP contribution in [0, 0.1) is 0 Å². The number of aromatic nitrogens is 7. The number of nitrogens with one attached hydrogen (secondary N) is 2. The minimum Gasteiger partial charge on any atom is -0.497 e. The van der Waals surface area contributed by atoms with Gasteiger partial charge in [0.05, 0.1) is 25.3 Å². The highest BCUT2D eigenvalue weighted by Crippen LogP contribution is 2.31. The van der Waals surface area contributed by atoms with Crippen LogP contribution in [0.25, 0.3) is 33.6 Å². The first-order chi connectivity index (χ1) is 16.5. The monoisotopic (exact) mass is 477 g/mol. The van der Waals surface area contributed by atoms with Gasteiger partial charge < -0.3 is 14.5 Å². The quantitative estimate of drug-likeness (QED) is 0.352. The van der Waals surface area contributed by atoms with E-state index in [1.54, 1.807) is 20.3 Å². The molecule has 0 aliphatic carbocycles. The summed E-state index contributed by atoms with van der Waals surface area (Å²) in [4.78, 5) is 39.0. The van der Waals surface area contributed by atoms with Crippen molar-refractivity contribution >= 4 is 34.0 Å². The number of ether oxygens (including phenoxy) is 2. The van der Waals surface area contributed by atoms with Crippen LogP contribution >= 0.6 is 11.8 Å². The Kier molecular flexibility index (Phi) is 5.49. The molecular formula is C22H19N7O4S. The number of imidazole rings is 1. The van der Waals surface area contributed by atoms with Crippen LogP contribution in [0.5, 0.6) is 11.5 Å². The van der Waals surface area contributed by atoms with E-state index < -0.39 is 11.2 Å². The largest absolute Gasteiger partial charge is 0.497 e. The molecule has 3 aromatic heterocycles. The Balaban J connectivity index is 1.47. The van der Waals surface area contributed by atoms with Crippen molar-refractivity contribution in [1.82, 2.24) is 34.7 Å². The number of rotatable bonds is 6. The summed E-state index contributed by atoms with van der Waals surface area (Å²) < 4.78 is 11.7. The minimum absolute atomic E-state index is 0.0385. The number of nitrogens with zero attached hydrogens (tertiary/aromatic N) is 5. The zero-order chi connectivity index (χ0) is 23.8. The smallest absolute Gasteiger partial charge is 0.329 e. The average molecular weight is 478 g/mol. The van der Waals surface area contributed by atoms with Gasteiger partial charge in [0.1, 0.15) is 11.5 Å². The Hall–Kier alpha value is -4.19. The second kappa shape index (κ2) is 8.63. The summed E-state index contributed by atoms with van der Waals surface area (Å²) >= 11 is 1.52. The fourth-order valence-corrected chi connectivity index (χ4v) is 4.32. The summed E-state index contributed by atoms with van der Waals surface area (Å²) in [5.74, 6) is 2.28. The van der Waals surface area contributed by atoms with Crippen LogP contribution in [0.2, 0.25) is 0 Å².